The summed E-state index contributed by atoms with van der Waals surface area (Å²) in [6, 6.07) is 4.22. The molecular weight excluding hydrogens is 267 g/mol. The highest BCUT2D eigenvalue weighted by Crippen LogP contribution is 2.27. The van der Waals surface area contributed by atoms with Gasteiger partial charge in [0.05, 0.1) is 11.5 Å². The van der Waals surface area contributed by atoms with Gasteiger partial charge in [0, 0.05) is 24.8 Å². The number of benzene rings is 1. The van der Waals surface area contributed by atoms with Crippen molar-refractivity contribution >= 4 is 15.5 Å². The van der Waals surface area contributed by atoms with Crippen molar-refractivity contribution in [2.45, 2.75) is 19.4 Å². The first kappa shape index (κ1) is 14.3. The van der Waals surface area contributed by atoms with Gasteiger partial charge in [0.1, 0.15) is 5.82 Å². The van der Waals surface area contributed by atoms with E-state index in [2.05, 4.69) is 0 Å². The van der Waals surface area contributed by atoms with E-state index >= 15 is 0 Å². The molecule has 6 heteroatoms. The number of hydrogen-bond acceptors (Lipinski definition) is 4. The molecule has 1 aliphatic rings. The molecule has 1 heterocycles. The largest absolute Gasteiger partial charge is 0.370 e. The van der Waals surface area contributed by atoms with Crippen LogP contribution in [0.5, 0.6) is 0 Å². The predicted molar refractivity (Wildman–Crippen MR) is 74.5 cm³/mol. The highest BCUT2D eigenvalue weighted by molar-refractivity contribution is 7.91. The molecule has 2 N–H and O–H groups in total. The molecule has 0 saturated carbocycles. The van der Waals surface area contributed by atoms with Crippen molar-refractivity contribution in [3.63, 3.8) is 0 Å². The molecule has 1 aliphatic heterocycles. The Hall–Kier alpha value is -1.14. The summed E-state index contributed by atoms with van der Waals surface area (Å²) < 4.78 is 36.5. The first-order chi connectivity index (χ1) is 8.89. The van der Waals surface area contributed by atoms with Gasteiger partial charge in [0.15, 0.2) is 9.84 Å². The third-order valence-electron chi connectivity index (χ3n) is 3.38. The maximum atomic E-state index is 13.3. The second-order valence-electron chi connectivity index (χ2n) is 4.98. The van der Waals surface area contributed by atoms with Crippen LogP contribution in [0.2, 0.25) is 0 Å². The fourth-order valence-electron chi connectivity index (χ4n) is 2.36. The number of rotatable bonds is 2. The quantitative estimate of drug-likeness (QED) is 0.894. The van der Waals surface area contributed by atoms with Crippen LogP contribution in [-0.4, -0.2) is 33.0 Å². The molecule has 1 aromatic rings. The van der Waals surface area contributed by atoms with Gasteiger partial charge in [-0.2, -0.15) is 0 Å². The zero-order valence-corrected chi connectivity index (χ0v) is 11.8. The van der Waals surface area contributed by atoms with E-state index in [0.717, 1.165) is 11.3 Å². The van der Waals surface area contributed by atoms with Crippen LogP contribution in [0, 0.1) is 5.82 Å². The molecule has 4 nitrogen and oxygen atoms in total. The molecule has 1 aromatic carbocycles. The Labute approximate surface area is 113 Å². The number of anilines is 1. The Morgan fingerprint density at radius 1 is 1.32 bits per heavy atom. The molecule has 0 spiro atoms. The van der Waals surface area contributed by atoms with Gasteiger partial charge in [-0.1, -0.05) is 0 Å². The van der Waals surface area contributed by atoms with Crippen molar-refractivity contribution in [3.05, 3.63) is 29.6 Å². The van der Waals surface area contributed by atoms with E-state index in [-0.39, 0.29) is 23.4 Å². The lowest BCUT2D eigenvalue weighted by Crippen LogP contribution is -2.28. The van der Waals surface area contributed by atoms with Gasteiger partial charge in [-0.3, -0.25) is 0 Å². The fourth-order valence-corrected chi connectivity index (χ4v) is 3.63. The van der Waals surface area contributed by atoms with E-state index in [1.807, 2.05) is 4.90 Å². The summed E-state index contributed by atoms with van der Waals surface area (Å²) >= 11 is 0. The summed E-state index contributed by atoms with van der Waals surface area (Å²) in [6.07, 6.45) is 0.595. The first-order valence-corrected chi connectivity index (χ1v) is 8.21. The number of sulfone groups is 1. The summed E-state index contributed by atoms with van der Waals surface area (Å²) in [5.41, 5.74) is 7.43. The molecule has 1 fully saturated rings. The second kappa shape index (κ2) is 5.46. The minimum Gasteiger partial charge on any atom is -0.370 e. The van der Waals surface area contributed by atoms with Crippen LogP contribution in [0.1, 0.15) is 24.9 Å². The van der Waals surface area contributed by atoms with E-state index in [9.17, 15) is 12.8 Å². The fraction of sp³-hybridized carbons (Fsp3) is 0.538. The highest BCUT2D eigenvalue weighted by Gasteiger charge is 2.21. The molecule has 1 saturated heterocycles. The van der Waals surface area contributed by atoms with Gasteiger partial charge in [-0.15, -0.1) is 0 Å². The summed E-state index contributed by atoms with van der Waals surface area (Å²) in [4.78, 5) is 1.99. The van der Waals surface area contributed by atoms with E-state index in [1.165, 1.54) is 12.1 Å². The minimum absolute atomic E-state index is 0.142. The van der Waals surface area contributed by atoms with Gasteiger partial charge >= 0.3 is 0 Å². The normalized spacial score (nSPS) is 20.9. The molecule has 1 atom stereocenters. The third kappa shape index (κ3) is 3.45. The Morgan fingerprint density at radius 3 is 2.74 bits per heavy atom. The molecule has 0 amide bonds. The van der Waals surface area contributed by atoms with E-state index in [0.29, 0.717) is 19.5 Å². The monoisotopic (exact) mass is 286 g/mol. The second-order valence-corrected chi connectivity index (χ2v) is 7.29. The van der Waals surface area contributed by atoms with Gasteiger partial charge < -0.3 is 10.6 Å². The molecule has 19 heavy (non-hydrogen) atoms. The van der Waals surface area contributed by atoms with Crippen molar-refractivity contribution in [1.82, 2.24) is 0 Å². The molecule has 2 rings (SSSR count). The van der Waals surface area contributed by atoms with Crippen LogP contribution in [0.25, 0.3) is 0 Å². The smallest absolute Gasteiger partial charge is 0.152 e. The van der Waals surface area contributed by atoms with E-state index < -0.39 is 9.84 Å². The topological polar surface area (TPSA) is 63.4 Å². The van der Waals surface area contributed by atoms with Crippen LogP contribution in [0.4, 0.5) is 10.1 Å². The molecule has 0 unspecified atom stereocenters. The number of nitrogens with zero attached hydrogens (tertiary/aromatic N) is 1. The van der Waals surface area contributed by atoms with Gasteiger partial charge in [-0.25, -0.2) is 12.8 Å². The average molecular weight is 286 g/mol. The Kier molecular flexibility index (Phi) is 4.10. The molecule has 106 valence electrons. The molecule has 0 aliphatic carbocycles. The summed E-state index contributed by atoms with van der Waals surface area (Å²) in [5, 5.41) is 0. The third-order valence-corrected chi connectivity index (χ3v) is 5.09. The van der Waals surface area contributed by atoms with Crippen LogP contribution in [0.15, 0.2) is 18.2 Å². The first-order valence-electron chi connectivity index (χ1n) is 6.39. The summed E-state index contributed by atoms with van der Waals surface area (Å²) in [6.45, 7) is 2.89. The van der Waals surface area contributed by atoms with Crippen molar-refractivity contribution in [2.24, 2.45) is 5.73 Å². The summed E-state index contributed by atoms with van der Waals surface area (Å²) in [5.74, 6) is 0.0412. The van der Waals surface area contributed by atoms with Crippen LogP contribution < -0.4 is 10.6 Å². The summed E-state index contributed by atoms with van der Waals surface area (Å²) in [7, 11) is -2.95. The Bertz CT molecular complexity index is 558. The lowest BCUT2D eigenvalue weighted by molar-refractivity contribution is 0.597. The standard InChI is InChI=1S/C13H19FN2O2S/c1-10(15)12-9-11(14)3-4-13(12)16-5-2-7-19(17,18)8-6-16/h3-4,9-10H,2,5-8,15H2,1H3/t10-/m1/s1. The zero-order chi connectivity index (χ0) is 14.0. The lowest BCUT2D eigenvalue weighted by atomic mass is 10.1. The van der Waals surface area contributed by atoms with Crippen LogP contribution in [0.3, 0.4) is 0 Å². The van der Waals surface area contributed by atoms with Crippen molar-refractivity contribution < 1.29 is 12.8 Å². The highest BCUT2D eigenvalue weighted by atomic mass is 32.2. The average Bonchev–Trinajstić information content (AvgIpc) is 2.50. The van der Waals surface area contributed by atoms with Crippen LogP contribution in [-0.2, 0) is 9.84 Å². The van der Waals surface area contributed by atoms with Crippen molar-refractivity contribution in [3.8, 4) is 0 Å². The maximum absolute atomic E-state index is 13.3. The Balaban J connectivity index is 2.31. The maximum Gasteiger partial charge on any atom is 0.152 e. The lowest BCUT2D eigenvalue weighted by Gasteiger charge is -2.26. The number of nitrogens with two attached hydrogens (primary N) is 1. The molecular formula is C13H19FN2O2S. The van der Waals surface area contributed by atoms with E-state index in [1.54, 1.807) is 13.0 Å². The van der Waals surface area contributed by atoms with E-state index in [4.69, 9.17) is 5.73 Å². The number of hydrogen-bond donors (Lipinski definition) is 1. The van der Waals surface area contributed by atoms with Crippen molar-refractivity contribution in [2.75, 3.05) is 29.5 Å². The predicted octanol–water partition coefficient (Wildman–Crippen LogP) is 1.47. The van der Waals surface area contributed by atoms with Gasteiger partial charge in [-0.05, 0) is 37.1 Å². The SMILES string of the molecule is C[C@@H](N)c1cc(F)ccc1N1CCCS(=O)(=O)CC1. The number of halogens is 1. The van der Waals surface area contributed by atoms with Gasteiger partial charge in [0.2, 0.25) is 0 Å². The Morgan fingerprint density at radius 2 is 2.05 bits per heavy atom. The van der Waals surface area contributed by atoms with Crippen LogP contribution >= 0.6 is 0 Å². The van der Waals surface area contributed by atoms with Gasteiger partial charge in [0.25, 0.3) is 0 Å². The molecule has 0 bridgehead atoms. The molecule has 0 aromatic heterocycles. The molecule has 0 radical (unpaired) electrons. The zero-order valence-electron chi connectivity index (χ0n) is 11.0. The minimum atomic E-state index is -2.95. The van der Waals surface area contributed by atoms with Crippen molar-refractivity contribution in [1.29, 1.82) is 0 Å².